The number of hydrogen-bond donors (Lipinski definition) is 1. The molecule has 1 heterocycles. The fraction of sp³-hybridized carbons (Fsp3) is 0.600. The maximum atomic E-state index is 6.01. The van der Waals surface area contributed by atoms with Gasteiger partial charge < -0.3 is 5.73 Å². The van der Waals surface area contributed by atoms with Gasteiger partial charge in [0.15, 0.2) is 0 Å². The van der Waals surface area contributed by atoms with Gasteiger partial charge in [-0.25, -0.2) is 0 Å². The van der Waals surface area contributed by atoms with Crippen LogP contribution in [0.1, 0.15) is 30.4 Å². The van der Waals surface area contributed by atoms with E-state index in [1.165, 1.54) is 36.9 Å². The third kappa shape index (κ3) is 2.70. The first-order valence-corrected chi connectivity index (χ1v) is 6.63. The average Bonchev–Trinajstić information content (AvgIpc) is 2.69. The van der Waals surface area contributed by atoms with Crippen LogP contribution in [0.15, 0.2) is 24.3 Å². The normalized spacial score (nSPS) is 25.4. The van der Waals surface area contributed by atoms with E-state index in [9.17, 15) is 0 Å². The molecule has 1 saturated heterocycles. The Kier molecular flexibility index (Phi) is 3.85. The lowest BCUT2D eigenvalue weighted by Crippen LogP contribution is -2.47. The largest absolute Gasteiger partial charge is 0.329 e. The highest BCUT2D eigenvalue weighted by atomic mass is 15.2. The summed E-state index contributed by atoms with van der Waals surface area (Å²) in [5, 5.41) is 0. The summed E-state index contributed by atoms with van der Waals surface area (Å²) < 4.78 is 0. The summed E-state index contributed by atoms with van der Waals surface area (Å²) in [5.74, 6) is 0. The van der Waals surface area contributed by atoms with Crippen molar-refractivity contribution in [1.82, 2.24) is 4.90 Å². The quantitative estimate of drug-likeness (QED) is 0.863. The van der Waals surface area contributed by atoms with Gasteiger partial charge in [-0.15, -0.1) is 0 Å². The molecule has 0 saturated carbocycles. The Morgan fingerprint density at radius 2 is 2.24 bits per heavy atom. The van der Waals surface area contributed by atoms with E-state index in [1.807, 2.05) is 0 Å². The summed E-state index contributed by atoms with van der Waals surface area (Å²) in [4.78, 5) is 2.46. The Hall–Kier alpha value is -0.860. The topological polar surface area (TPSA) is 29.3 Å². The minimum atomic E-state index is 0.254. The Morgan fingerprint density at radius 3 is 2.82 bits per heavy atom. The predicted molar refractivity (Wildman–Crippen MR) is 73.1 cm³/mol. The molecule has 94 valence electrons. The lowest BCUT2D eigenvalue weighted by Gasteiger charge is -2.35. The Morgan fingerprint density at radius 1 is 1.41 bits per heavy atom. The molecule has 1 unspecified atom stereocenters. The lowest BCUT2D eigenvalue weighted by atomic mass is 9.88. The van der Waals surface area contributed by atoms with Gasteiger partial charge in [0.1, 0.15) is 0 Å². The van der Waals surface area contributed by atoms with Crippen LogP contribution < -0.4 is 5.73 Å². The summed E-state index contributed by atoms with van der Waals surface area (Å²) in [6.07, 6.45) is 4.88. The van der Waals surface area contributed by atoms with E-state index in [-0.39, 0.29) is 5.54 Å². The number of nitrogens with two attached hydrogens (primary N) is 1. The van der Waals surface area contributed by atoms with Crippen molar-refractivity contribution >= 4 is 0 Å². The maximum Gasteiger partial charge on any atom is 0.0332 e. The molecular formula is C15H24N2. The van der Waals surface area contributed by atoms with Crippen LogP contribution in [0.4, 0.5) is 0 Å². The van der Waals surface area contributed by atoms with Gasteiger partial charge in [0.2, 0.25) is 0 Å². The van der Waals surface area contributed by atoms with Gasteiger partial charge in [-0.1, -0.05) is 29.8 Å². The molecule has 0 aromatic heterocycles. The highest BCUT2D eigenvalue weighted by Crippen LogP contribution is 2.31. The molecule has 1 atom stereocenters. The van der Waals surface area contributed by atoms with Crippen LogP contribution in [-0.4, -0.2) is 30.6 Å². The third-order valence-corrected chi connectivity index (χ3v) is 4.29. The van der Waals surface area contributed by atoms with E-state index in [2.05, 4.69) is 43.1 Å². The van der Waals surface area contributed by atoms with Gasteiger partial charge in [0, 0.05) is 12.1 Å². The molecule has 2 N–H and O–H groups in total. The van der Waals surface area contributed by atoms with E-state index in [4.69, 9.17) is 5.73 Å². The van der Waals surface area contributed by atoms with E-state index < -0.39 is 0 Å². The number of nitrogens with zero attached hydrogens (tertiary/aromatic N) is 1. The maximum absolute atomic E-state index is 6.01. The number of likely N-dealkylation sites (tertiary alicyclic amines) is 1. The fourth-order valence-electron chi connectivity index (χ4n) is 2.99. The van der Waals surface area contributed by atoms with Crippen molar-refractivity contribution in [3.63, 3.8) is 0 Å². The van der Waals surface area contributed by atoms with Gasteiger partial charge in [-0.3, -0.25) is 4.90 Å². The second kappa shape index (κ2) is 5.19. The molecule has 1 aliphatic rings. The summed E-state index contributed by atoms with van der Waals surface area (Å²) in [6, 6.07) is 8.83. The fourth-order valence-corrected chi connectivity index (χ4v) is 2.99. The Balaban J connectivity index is 2.01. The molecular weight excluding hydrogens is 208 g/mol. The molecule has 0 amide bonds. The molecule has 1 aromatic rings. The highest BCUT2D eigenvalue weighted by Gasteiger charge is 2.36. The van der Waals surface area contributed by atoms with E-state index in [1.54, 1.807) is 0 Å². The molecule has 0 aliphatic carbocycles. The zero-order valence-electron chi connectivity index (χ0n) is 11.1. The molecule has 17 heavy (non-hydrogen) atoms. The Labute approximate surface area is 105 Å². The van der Waals surface area contributed by atoms with Crippen molar-refractivity contribution in [2.24, 2.45) is 5.73 Å². The van der Waals surface area contributed by atoms with Crippen LogP contribution in [0.5, 0.6) is 0 Å². The van der Waals surface area contributed by atoms with Crippen molar-refractivity contribution in [3.8, 4) is 0 Å². The zero-order valence-corrected chi connectivity index (χ0v) is 11.1. The van der Waals surface area contributed by atoms with Crippen LogP contribution in [0.3, 0.4) is 0 Å². The van der Waals surface area contributed by atoms with Gasteiger partial charge in [-0.2, -0.15) is 0 Å². The minimum Gasteiger partial charge on any atom is -0.329 e. The summed E-state index contributed by atoms with van der Waals surface area (Å²) in [7, 11) is 2.22. The van der Waals surface area contributed by atoms with Crippen molar-refractivity contribution in [2.75, 3.05) is 20.1 Å². The second-order valence-corrected chi connectivity index (χ2v) is 5.44. The number of benzene rings is 1. The van der Waals surface area contributed by atoms with Crippen molar-refractivity contribution in [3.05, 3.63) is 35.4 Å². The lowest BCUT2D eigenvalue weighted by molar-refractivity contribution is 0.169. The molecule has 0 radical (unpaired) electrons. The van der Waals surface area contributed by atoms with E-state index in [0.29, 0.717) is 0 Å². The highest BCUT2D eigenvalue weighted by molar-refractivity contribution is 5.22. The average molecular weight is 232 g/mol. The third-order valence-electron chi connectivity index (χ3n) is 4.29. The molecule has 1 aliphatic heterocycles. The predicted octanol–water partition coefficient (Wildman–Crippen LogP) is 2.35. The molecule has 0 spiro atoms. The number of aryl methyl sites for hydroxylation is 2. The number of hydrogen-bond acceptors (Lipinski definition) is 2. The molecule has 1 aromatic carbocycles. The monoisotopic (exact) mass is 232 g/mol. The number of rotatable bonds is 4. The van der Waals surface area contributed by atoms with E-state index in [0.717, 1.165) is 13.0 Å². The van der Waals surface area contributed by atoms with Crippen LogP contribution in [0.25, 0.3) is 0 Å². The van der Waals surface area contributed by atoms with Crippen molar-refractivity contribution in [1.29, 1.82) is 0 Å². The van der Waals surface area contributed by atoms with Crippen LogP contribution >= 0.6 is 0 Å². The smallest absolute Gasteiger partial charge is 0.0332 e. The van der Waals surface area contributed by atoms with Gasteiger partial charge in [0.05, 0.1) is 0 Å². The van der Waals surface area contributed by atoms with Crippen LogP contribution in [-0.2, 0) is 6.42 Å². The van der Waals surface area contributed by atoms with Crippen LogP contribution in [0, 0.1) is 6.92 Å². The van der Waals surface area contributed by atoms with Crippen molar-refractivity contribution < 1.29 is 0 Å². The molecule has 2 heteroatoms. The molecule has 1 fully saturated rings. The Bertz CT molecular complexity index is 375. The van der Waals surface area contributed by atoms with E-state index >= 15 is 0 Å². The first kappa shape index (κ1) is 12.6. The molecule has 0 bridgehead atoms. The SMILES string of the molecule is Cc1cccc(CCC2(CN)CCCN2C)c1. The first-order valence-electron chi connectivity index (χ1n) is 6.63. The minimum absolute atomic E-state index is 0.254. The van der Waals surface area contributed by atoms with Gasteiger partial charge in [-0.05, 0) is 51.8 Å². The molecule has 2 nitrogen and oxygen atoms in total. The second-order valence-electron chi connectivity index (χ2n) is 5.44. The summed E-state index contributed by atoms with van der Waals surface area (Å²) >= 11 is 0. The summed E-state index contributed by atoms with van der Waals surface area (Å²) in [6.45, 7) is 4.14. The molecule has 2 rings (SSSR count). The van der Waals surface area contributed by atoms with Gasteiger partial charge >= 0.3 is 0 Å². The van der Waals surface area contributed by atoms with Gasteiger partial charge in [0.25, 0.3) is 0 Å². The summed E-state index contributed by atoms with van der Waals surface area (Å²) in [5.41, 5.74) is 9.06. The van der Waals surface area contributed by atoms with Crippen molar-refractivity contribution in [2.45, 2.75) is 38.1 Å². The van der Waals surface area contributed by atoms with Crippen LogP contribution in [0.2, 0.25) is 0 Å². The standard InChI is InChI=1S/C15H24N2/c1-13-5-3-6-14(11-13)7-9-15(12-16)8-4-10-17(15)2/h3,5-6,11H,4,7-10,12,16H2,1-2H3. The number of likely N-dealkylation sites (N-methyl/N-ethyl adjacent to an activating group) is 1. The zero-order chi connectivity index (χ0) is 12.3. The first-order chi connectivity index (χ1) is 8.16.